The number of anilines is 3. The molecule has 2 N–H and O–H groups in total. The van der Waals surface area contributed by atoms with Crippen LogP contribution < -0.4 is 15.8 Å². The molecule has 0 unspecified atom stereocenters. The van der Waals surface area contributed by atoms with Crippen molar-refractivity contribution in [2.45, 2.75) is 26.5 Å². The zero-order valence-corrected chi connectivity index (χ0v) is 15.7. The number of hydrogen-bond acceptors (Lipinski definition) is 6. The molecular weight excluding hydrogens is 347 g/mol. The van der Waals surface area contributed by atoms with Gasteiger partial charge in [0.2, 0.25) is 0 Å². The van der Waals surface area contributed by atoms with Crippen LogP contribution in [-0.4, -0.2) is 33.8 Å². The number of benzene rings is 1. The van der Waals surface area contributed by atoms with Crippen molar-refractivity contribution in [3.05, 3.63) is 42.1 Å². The van der Waals surface area contributed by atoms with Crippen molar-refractivity contribution in [2.75, 3.05) is 28.9 Å². The first kappa shape index (κ1) is 17.5. The van der Waals surface area contributed by atoms with E-state index in [-0.39, 0.29) is 11.9 Å². The normalized spacial score (nSPS) is 13.3. The number of aromatic nitrogens is 3. The van der Waals surface area contributed by atoms with Crippen LogP contribution in [0.2, 0.25) is 0 Å². The highest BCUT2D eigenvalue weighted by molar-refractivity contribution is 6.00. The molecule has 8 heteroatoms. The van der Waals surface area contributed by atoms with Crippen molar-refractivity contribution < 1.29 is 9.13 Å². The van der Waals surface area contributed by atoms with Crippen LogP contribution in [0.25, 0.3) is 11.0 Å². The Morgan fingerprint density at radius 2 is 2.19 bits per heavy atom. The molecule has 0 saturated heterocycles. The molecule has 142 valence electrons. The summed E-state index contributed by atoms with van der Waals surface area (Å²) in [5.74, 6) is 0.503. The van der Waals surface area contributed by atoms with E-state index in [1.807, 2.05) is 42.7 Å². The molecule has 1 aliphatic heterocycles. The van der Waals surface area contributed by atoms with Crippen molar-refractivity contribution in [2.24, 2.45) is 7.05 Å². The van der Waals surface area contributed by atoms with E-state index in [1.54, 1.807) is 6.33 Å². The molecule has 0 fully saturated rings. The van der Waals surface area contributed by atoms with Gasteiger partial charge in [0.05, 0.1) is 36.0 Å². The molecule has 3 aromatic rings. The second kappa shape index (κ2) is 7.03. The van der Waals surface area contributed by atoms with Gasteiger partial charge >= 0.3 is 0 Å². The van der Waals surface area contributed by atoms with E-state index in [4.69, 9.17) is 4.74 Å². The molecule has 0 saturated carbocycles. The summed E-state index contributed by atoms with van der Waals surface area (Å²) in [6.45, 7) is 5.91. The molecule has 2 aromatic heterocycles. The van der Waals surface area contributed by atoms with Crippen molar-refractivity contribution in [1.82, 2.24) is 14.5 Å². The molecule has 0 radical (unpaired) electrons. The van der Waals surface area contributed by atoms with Crippen LogP contribution in [0.15, 0.2) is 30.7 Å². The van der Waals surface area contributed by atoms with E-state index in [9.17, 15) is 4.39 Å². The molecule has 0 aliphatic carbocycles. The summed E-state index contributed by atoms with van der Waals surface area (Å²) in [5, 5.41) is 6.26. The first-order chi connectivity index (χ1) is 13.0. The lowest BCUT2D eigenvalue weighted by atomic mass is 10.2. The van der Waals surface area contributed by atoms with Crippen LogP contribution in [-0.2, 0) is 18.3 Å². The highest BCUT2D eigenvalue weighted by Crippen LogP contribution is 2.36. The quantitative estimate of drug-likeness (QED) is 0.649. The molecule has 1 aromatic carbocycles. The lowest BCUT2D eigenvalue weighted by Gasteiger charge is -2.18. The summed E-state index contributed by atoms with van der Waals surface area (Å²) < 4.78 is 21.1. The summed E-state index contributed by atoms with van der Waals surface area (Å²) in [6.07, 6.45) is 3.75. The molecule has 0 spiro atoms. The van der Waals surface area contributed by atoms with Crippen LogP contribution in [0, 0.1) is 5.82 Å². The number of nitrogens with zero attached hydrogens (tertiary/aromatic N) is 4. The minimum atomic E-state index is -0.253. The standard InChI is InChI=1S/C19H23FN6O/c1-12(2)27-7-6-21-18-17-16(10-25(3)19(17)23-11-22-18)26-9-13-4-5-14(20)8-15(13)24-26/h4-5,8,10-12,24H,6-7,9H2,1-3H3,(H,21,22,23). The van der Waals surface area contributed by atoms with E-state index >= 15 is 0 Å². The summed E-state index contributed by atoms with van der Waals surface area (Å²) in [5.41, 5.74) is 6.88. The molecule has 0 amide bonds. The summed E-state index contributed by atoms with van der Waals surface area (Å²) >= 11 is 0. The fourth-order valence-electron chi connectivity index (χ4n) is 3.28. The Hall–Kier alpha value is -2.87. The largest absolute Gasteiger partial charge is 0.377 e. The lowest BCUT2D eigenvalue weighted by Crippen LogP contribution is -2.22. The van der Waals surface area contributed by atoms with E-state index in [2.05, 4.69) is 20.7 Å². The van der Waals surface area contributed by atoms with Gasteiger partial charge in [0.15, 0.2) is 0 Å². The molecule has 0 bridgehead atoms. The monoisotopic (exact) mass is 370 g/mol. The van der Waals surface area contributed by atoms with Gasteiger partial charge in [-0.05, 0) is 31.5 Å². The zero-order chi connectivity index (χ0) is 19.0. The van der Waals surface area contributed by atoms with E-state index in [1.165, 1.54) is 12.1 Å². The van der Waals surface area contributed by atoms with Crippen LogP contribution in [0.5, 0.6) is 0 Å². The van der Waals surface area contributed by atoms with Gasteiger partial charge < -0.3 is 14.6 Å². The first-order valence-corrected chi connectivity index (χ1v) is 9.01. The maximum absolute atomic E-state index is 13.5. The van der Waals surface area contributed by atoms with Gasteiger partial charge in [-0.1, -0.05) is 6.07 Å². The minimum Gasteiger partial charge on any atom is -0.377 e. The highest BCUT2D eigenvalue weighted by Gasteiger charge is 2.24. The third-order valence-electron chi connectivity index (χ3n) is 4.53. The number of hydrazine groups is 1. The fraction of sp³-hybridized carbons (Fsp3) is 0.368. The van der Waals surface area contributed by atoms with Crippen molar-refractivity contribution in [3.63, 3.8) is 0 Å². The molecule has 4 rings (SSSR count). The van der Waals surface area contributed by atoms with Crippen molar-refractivity contribution >= 4 is 28.2 Å². The topological polar surface area (TPSA) is 67.2 Å². The number of halogens is 1. The Balaban J connectivity index is 1.63. The lowest BCUT2D eigenvalue weighted by molar-refractivity contribution is 0.0870. The van der Waals surface area contributed by atoms with Gasteiger partial charge in [0.1, 0.15) is 23.6 Å². The smallest absolute Gasteiger partial charge is 0.147 e. The Labute approximate surface area is 157 Å². The third-order valence-corrected chi connectivity index (χ3v) is 4.53. The Kier molecular flexibility index (Phi) is 4.57. The van der Waals surface area contributed by atoms with Crippen LogP contribution in [0.4, 0.5) is 21.6 Å². The molecule has 0 atom stereocenters. The summed E-state index contributed by atoms with van der Waals surface area (Å²) in [4.78, 5) is 8.85. The summed E-state index contributed by atoms with van der Waals surface area (Å²) in [6, 6.07) is 4.80. The molecule has 27 heavy (non-hydrogen) atoms. The Morgan fingerprint density at radius 3 is 3.00 bits per heavy atom. The number of aryl methyl sites for hydroxylation is 1. The van der Waals surface area contributed by atoms with Gasteiger partial charge in [-0.3, -0.25) is 10.4 Å². The molecular formula is C19H23FN6O. The minimum absolute atomic E-state index is 0.192. The van der Waals surface area contributed by atoms with E-state index in [0.29, 0.717) is 19.7 Å². The number of rotatable bonds is 6. The number of ether oxygens (including phenoxy) is 1. The van der Waals surface area contributed by atoms with Gasteiger partial charge in [0, 0.05) is 19.8 Å². The average molecular weight is 370 g/mol. The molecule has 7 nitrogen and oxygen atoms in total. The predicted octanol–water partition coefficient (Wildman–Crippen LogP) is 3.29. The summed E-state index contributed by atoms with van der Waals surface area (Å²) in [7, 11) is 1.95. The number of nitrogens with one attached hydrogen (secondary N) is 2. The fourth-order valence-corrected chi connectivity index (χ4v) is 3.28. The SMILES string of the molecule is CC(C)OCCNc1ncnc2c1c(N1Cc3ccc(F)cc3N1)cn2C. The molecule has 3 heterocycles. The van der Waals surface area contributed by atoms with Gasteiger partial charge in [0.25, 0.3) is 0 Å². The number of fused-ring (bicyclic) bond motifs is 2. The average Bonchev–Trinajstić information content (AvgIpc) is 3.20. The molecule has 1 aliphatic rings. The van der Waals surface area contributed by atoms with Crippen molar-refractivity contribution in [3.8, 4) is 0 Å². The van der Waals surface area contributed by atoms with Crippen molar-refractivity contribution in [1.29, 1.82) is 0 Å². The van der Waals surface area contributed by atoms with Crippen LogP contribution in [0.1, 0.15) is 19.4 Å². The van der Waals surface area contributed by atoms with Gasteiger partial charge in [-0.25, -0.2) is 14.4 Å². The third kappa shape index (κ3) is 3.40. The van der Waals surface area contributed by atoms with E-state index < -0.39 is 0 Å². The number of hydrogen-bond donors (Lipinski definition) is 2. The Bertz CT molecular complexity index is 970. The van der Waals surface area contributed by atoms with E-state index in [0.717, 1.165) is 33.8 Å². The Morgan fingerprint density at radius 1 is 1.33 bits per heavy atom. The van der Waals surface area contributed by atoms with Gasteiger partial charge in [-0.2, -0.15) is 0 Å². The first-order valence-electron chi connectivity index (χ1n) is 9.01. The van der Waals surface area contributed by atoms with Gasteiger partial charge in [-0.15, -0.1) is 0 Å². The maximum Gasteiger partial charge on any atom is 0.147 e. The van der Waals surface area contributed by atoms with Crippen LogP contribution >= 0.6 is 0 Å². The second-order valence-corrected chi connectivity index (χ2v) is 6.89. The second-order valence-electron chi connectivity index (χ2n) is 6.89. The zero-order valence-electron chi connectivity index (χ0n) is 15.7. The maximum atomic E-state index is 13.5. The highest BCUT2D eigenvalue weighted by atomic mass is 19.1. The predicted molar refractivity (Wildman–Crippen MR) is 104 cm³/mol. The van der Waals surface area contributed by atoms with Crippen LogP contribution in [0.3, 0.4) is 0 Å².